The van der Waals surface area contributed by atoms with E-state index in [0.29, 0.717) is 5.69 Å². The first-order valence-electron chi connectivity index (χ1n) is 6.65. The van der Waals surface area contributed by atoms with Crippen LogP contribution in [0.3, 0.4) is 0 Å². The van der Waals surface area contributed by atoms with Crippen molar-refractivity contribution in [2.75, 3.05) is 18.5 Å². The highest BCUT2D eigenvalue weighted by molar-refractivity contribution is 5.91. The zero-order valence-corrected chi connectivity index (χ0v) is 11.2. The molecule has 0 saturated carbocycles. The van der Waals surface area contributed by atoms with Gasteiger partial charge in [0.2, 0.25) is 0 Å². The van der Waals surface area contributed by atoms with Crippen molar-refractivity contribution in [2.24, 2.45) is 0 Å². The van der Waals surface area contributed by atoms with Gasteiger partial charge in [0.05, 0.1) is 12.3 Å². The minimum Gasteiger partial charge on any atom is -0.467 e. The van der Waals surface area contributed by atoms with E-state index in [4.69, 9.17) is 4.42 Å². The maximum atomic E-state index is 11.5. The lowest BCUT2D eigenvalue weighted by molar-refractivity contribution is 0.0957. The van der Waals surface area contributed by atoms with E-state index in [9.17, 15) is 4.79 Å². The summed E-state index contributed by atoms with van der Waals surface area (Å²) in [6.07, 6.45) is 3.81. The molecule has 1 unspecified atom stereocenters. The minimum atomic E-state index is -0.229. The van der Waals surface area contributed by atoms with Crippen LogP contribution in [0.4, 0.5) is 5.82 Å². The van der Waals surface area contributed by atoms with Crippen LogP contribution in [-0.4, -0.2) is 29.7 Å². The van der Waals surface area contributed by atoms with E-state index in [1.165, 1.54) is 0 Å². The Balaban J connectivity index is 1.83. The van der Waals surface area contributed by atoms with Crippen molar-refractivity contribution in [3.8, 4) is 0 Å². The van der Waals surface area contributed by atoms with Gasteiger partial charge in [0.25, 0.3) is 5.91 Å². The molecule has 2 aromatic rings. The lowest BCUT2D eigenvalue weighted by Gasteiger charge is -2.23. The van der Waals surface area contributed by atoms with Crippen LogP contribution in [0.2, 0.25) is 0 Å². The average molecular weight is 272 g/mol. The molecular weight excluding hydrogens is 256 g/mol. The Morgan fingerprint density at radius 1 is 1.40 bits per heavy atom. The fraction of sp³-hybridized carbons (Fsp3) is 0.357. The number of rotatable bonds is 3. The Labute approximate surface area is 116 Å². The smallest absolute Gasteiger partial charge is 0.271 e. The van der Waals surface area contributed by atoms with Gasteiger partial charge in [-0.25, -0.2) is 0 Å². The van der Waals surface area contributed by atoms with Gasteiger partial charge in [-0.1, -0.05) is 0 Å². The first-order chi connectivity index (χ1) is 9.79. The second-order valence-electron chi connectivity index (χ2n) is 4.72. The normalized spacial score (nSPS) is 18.2. The maximum absolute atomic E-state index is 11.5. The van der Waals surface area contributed by atoms with Gasteiger partial charge in [0.1, 0.15) is 5.76 Å². The third-order valence-corrected chi connectivity index (χ3v) is 3.53. The fourth-order valence-corrected chi connectivity index (χ4v) is 2.55. The van der Waals surface area contributed by atoms with E-state index in [1.54, 1.807) is 19.4 Å². The summed E-state index contributed by atoms with van der Waals surface area (Å²) in [6, 6.07) is 7.60. The van der Waals surface area contributed by atoms with Gasteiger partial charge in [0, 0.05) is 13.6 Å². The SMILES string of the molecule is CNC(=O)c1ccc(N2CCCC2c2ccco2)nn1. The van der Waals surface area contributed by atoms with Crippen LogP contribution in [0, 0.1) is 0 Å². The van der Waals surface area contributed by atoms with Crippen molar-refractivity contribution in [2.45, 2.75) is 18.9 Å². The molecule has 1 aliphatic heterocycles. The zero-order chi connectivity index (χ0) is 13.9. The average Bonchev–Trinajstić information content (AvgIpc) is 3.16. The van der Waals surface area contributed by atoms with Crippen LogP contribution in [0.5, 0.6) is 0 Å². The molecule has 20 heavy (non-hydrogen) atoms. The molecule has 1 N–H and O–H groups in total. The summed E-state index contributed by atoms with van der Waals surface area (Å²) in [5, 5.41) is 10.7. The van der Waals surface area contributed by atoms with Crippen molar-refractivity contribution in [3.05, 3.63) is 42.0 Å². The Bertz CT molecular complexity index is 580. The summed E-state index contributed by atoms with van der Waals surface area (Å²) >= 11 is 0. The predicted octanol–water partition coefficient (Wildman–Crippen LogP) is 1.77. The number of carbonyl (C=O) groups is 1. The molecule has 3 heterocycles. The van der Waals surface area contributed by atoms with Gasteiger partial charge in [-0.05, 0) is 37.1 Å². The second-order valence-corrected chi connectivity index (χ2v) is 4.72. The molecule has 0 aromatic carbocycles. The van der Waals surface area contributed by atoms with E-state index in [1.807, 2.05) is 18.2 Å². The lowest BCUT2D eigenvalue weighted by Crippen LogP contribution is -2.25. The Morgan fingerprint density at radius 3 is 2.95 bits per heavy atom. The Hall–Kier alpha value is -2.37. The van der Waals surface area contributed by atoms with E-state index in [-0.39, 0.29) is 11.9 Å². The summed E-state index contributed by atoms with van der Waals surface area (Å²) < 4.78 is 5.49. The van der Waals surface area contributed by atoms with Gasteiger partial charge in [0.15, 0.2) is 11.5 Å². The van der Waals surface area contributed by atoms with Crippen molar-refractivity contribution < 1.29 is 9.21 Å². The number of aromatic nitrogens is 2. The molecule has 6 nitrogen and oxygen atoms in total. The molecule has 2 aromatic heterocycles. The second kappa shape index (κ2) is 5.32. The predicted molar refractivity (Wildman–Crippen MR) is 73.5 cm³/mol. The molecule has 6 heteroatoms. The van der Waals surface area contributed by atoms with Gasteiger partial charge in [-0.3, -0.25) is 4.79 Å². The van der Waals surface area contributed by atoms with E-state index < -0.39 is 0 Å². The highest BCUT2D eigenvalue weighted by Crippen LogP contribution is 2.34. The number of anilines is 1. The minimum absolute atomic E-state index is 0.199. The third-order valence-electron chi connectivity index (χ3n) is 3.53. The number of nitrogens with zero attached hydrogens (tertiary/aromatic N) is 3. The number of carbonyl (C=O) groups excluding carboxylic acids is 1. The molecule has 0 spiro atoms. The fourth-order valence-electron chi connectivity index (χ4n) is 2.55. The molecule has 1 amide bonds. The summed E-state index contributed by atoms with van der Waals surface area (Å²) in [5.41, 5.74) is 0.324. The molecule has 0 radical (unpaired) electrons. The summed E-state index contributed by atoms with van der Waals surface area (Å²) in [4.78, 5) is 13.6. The maximum Gasteiger partial charge on any atom is 0.271 e. The van der Waals surface area contributed by atoms with E-state index in [0.717, 1.165) is 31.0 Å². The quantitative estimate of drug-likeness (QED) is 0.922. The van der Waals surface area contributed by atoms with Crippen molar-refractivity contribution in [1.82, 2.24) is 15.5 Å². The van der Waals surface area contributed by atoms with Gasteiger partial charge in [-0.2, -0.15) is 0 Å². The summed E-state index contributed by atoms with van der Waals surface area (Å²) in [6.45, 7) is 0.916. The molecule has 0 aliphatic carbocycles. The number of hydrogen-bond acceptors (Lipinski definition) is 5. The van der Waals surface area contributed by atoms with Gasteiger partial charge < -0.3 is 14.6 Å². The molecule has 0 bridgehead atoms. The number of amides is 1. The van der Waals surface area contributed by atoms with Crippen LogP contribution in [0.1, 0.15) is 35.1 Å². The Morgan fingerprint density at radius 2 is 2.30 bits per heavy atom. The highest BCUT2D eigenvalue weighted by atomic mass is 16.3. The molecule has 1 fully saturated rings. The molecular formula is C14H16N4O2. The number of hydrogen-bond donors (Lipinski definition) is 1. The van der Waals surface area contributed by atoms with Crippen molar-refractivity contribution in [3.63, 3.8) is 0 Å². The van der Waals surface area contributed by atoms with Crippen LogP contribution >= 0.6 is 0 Å². The van der Waals surface area contributed by atoms with E-state index >= 15 is 0 Å². The number of nitrogens with one attached hydrogen (secondary N) is 1. The van der Waals surface area contributed by atoms with Crippen LogP contribution < -0.4 is 10.2 Å². The van der Waals surface area contributed by atoms with E-state index in [2.05, 4.69) is 20.4 Å². The Kier molecular flexibility index (Phi) is 3.37. The molecule has 1 atom stereocenters. The first-order valence-corrected chi connectivity index (χ1v) is 6.65. The standard InChI is InChI=1S/C14H16N4O2/c1-15-14(19)10-6-7-13(17-16-10)18-8-2-4-11(18)12-5-3-9-20-12/h3,5-7,9,11H,2,4,8H2,1H3,(H,15,19). The molecule has 104 valence electrons. The van der Waals surface area contributed by atoms with Crippen LogP contribution in [0.15, 0.2) is 34.9 Å². The zero-order valence-electron chi connectivity index (χ0n) is 11.2. The van der Waals surface area contributed by atoms with Gasteiger partial charge in [-0.15, -0.1) is 10.2 Å². The summed E-state index contributed by atoms with van der Waals surface area (Å²) in [7, 11) is 1.57. The molecule has 1 aliphatic rings. The van der Waals surface area contributed by atoms with Crippen molar-refractivity contribution in [1.29, 1.82) is 0 Å². The molecule has 3 rings (SSSR count). The largest absolute Gasteiger partial charge is 0.467 e. The lowest BCUT2D eigenvalue weighted by atomic mass is 10.1. The van der Waals surface area contributed by atoms with Gasteiger partial charge >= 0.3 is 0 Å². The number of furan rings is 1. The van der Waals surface area contributed by atoms with Crippen molar-refractivity contribution >= 4 is 11.7 Å². The first kappa shape index (κ1) is 12.7. The third kappa shape index (κ3) is 2.24. The molecule has 1 saturated heterocycles. The van der Waals surface area contributed by atoms with Crippen LogP contribution in [0.25, 0.3) is 0 Å². The van der Waals surface area contributed by atoms with Crippen LogP contribution in [-0.2, 0) is 0 Å². The monoisotopic (exact) mass is 272 g/mol. The highest BCUT2D eigenvalue weighted by Gasteiger charge is 2.29. The topological polar surface area (TPSA) is 71.3 Å². The summed E-state index contributed by atoms with van der Waals surface area (Å²) in [5.74, 6) is 1.49.